The standard InChI is InChI=1S/C20H25FN2O6S/c1-27-17-10-9-14(19(28-2)20(17)29-3)11-22-18(24)13-23(30(4,25)26)12-15-7-5-6-8-16(15)21/h5-10H,11-13H2,1-4H3,(H,22,24). The van der Waals surface area contributed by atoms with E-state index in [1.54, 1.807) is 18.2 Å². The van der Waals surface area contributed by atoms with Gasteiger partial charge in [0.15, 0.2) is 11.5 Å². The third kappa shape index (κ3) is 5.83. The number of nitrogens with one attached hydrogen (secondary N) is 1. The number of hydrogen-bond acceptors (Lipinski definition) is 6. The monoisotopic (exact) mass is 440 g/mol. The van der Waals surface area contributed by atoms with E-state index >= 15 is 0 Å². The minimum absolute atomic E-state index is 0.0691. The van der Waals surface area contributed by atoms with Gasteiger partial charge in [-0.3, -0.25) is 4.79 Å². The van der Waals surface area contributed by atoms with Crippen molar-refractivity contribution in [2.24, 2.45) is 0 Å². The number of rotatable bonds is 10. The lowest BCUT2D eigenvalue weighted by molar-refractivity contribution is -0.121. The first-order valence-corrected chi connectivity index (χ1v) is 10.8. The zero-order valence-corrected chi connectivity index (χ0v) is 18.1. The Morgan fingerprint density at radius 3 is 2.23 bits per heavy atom. The highest BCUT2D eigenvalue weighted by atomic mass is 32.2. The van der Waals surface area contributed by atoms with Gasteiger partial charge in [-0.2, -0.15) is 4.31 Å². The van der Waals surface area contributed by atoms with Crippen LogP contribution in [0, 0.1) is 5.82 Å². The predicted molar refractivity (Wildman–Crippen MR) is 110 cm³/mol. The minimum atomic E-state index is -3.75. The maximum Gasteiger partial charge on any atom is 0.235 e. The van der Waals surface area contributed by atoms with Gasteiger partial charge in [0.1, 0.15) is 5.82 Å². The van der Waals surface area contributed by atoms with Crippen LogP contribution in [0.2, 0.25) is 0 Å². The van der Waals surface area contributed by atoms with Crippen LogP contribution < -0.4 is 19.5 Å². The van der Waals surface area contributed by atoms with E-state index in [1.807, 2.05) is 0 Å². The van der Waals surface area contributed by atoms with E-state index < -0.39 is 28.3 Å². The first-order valence-electron chi connectivity index (χ1n) is 8.94. The van der Waals surface area contributed by atoms with Crippen molar-refractivity contribution in [3.8, 4) is 17.2 Å². The molecule has 1 N–H and O–H groups in total. The highest BCUT2D eigenvalue weighted by Gasteiger charge is 2.22. The number of halogens is 1. The molecule has 0 aliphatic heterocycles. The Balaban J connectivity index is 2.12. The maximum atomic E-state index is 13.9. The second-order valence-electron chi connectivity index (χ2n) is 6.39. The number of amides is 1. The van der Waals surface area contributed by atoms with Gasteiger partial charge in [-0.25, -0.2) is 12.8 Å². The lowest BCUT2D eigenvalue weighted by Gasteiger charge is -2.20. The van der Waals surface area contributed by atoms with Gasteiger partial charge in [0.25, 0.3) is 0 Å². The number of sulfonamides is 1. The van der Waals surface area contributed by atoms with Crippen molar-refractivity contribution in [3.05, 3.63) is 53.3 Å². The summed E-state index contributed by atoms with van der Waals surface area (Å²) in [7, 11) is 0.677. The molecule has 0 saturated heterocycles. The van der Waals surface area contributed by atoms with E-state index in [9.17, 15) is 17.6 Å². The number of benzene rings is 2. The van der Waals surface area contributed by atoms with E-state index in [-0.39, 0.29) is 18.7 Å². The lowest BCUT2D eigenvalue weighted by atomic mass is 10.1. The summed E-state index contributed by atoms with van der Waals surface area (Å²) in [6.45, 7) is -0.638. The fourth-order valence-corrected chi connectivity index (χ4v) is 3.54. The molecule has 2 aromatic carbocycles. The Labute approximate surface area is 175 Å². The van der Waals surface area contributed by atoms with Crippen molar-refractivity contribution < 1.29 is 31.8 Å². The van der Waals surface area contributed by atoms with E-state index in [2.05, 4.69) is 5.32 Å². The molecule has 10 heteroatoms. The van der Waals surface area contributed by atoms with Gasteiger partial charge in [-0.1, -0.05) is 18.2 Å². The zero-order chi connectivity index (χ0) is 22.3. The summed E-state index contributed by atoms with van der Waals surface area (Å²) < 4.78 is 54.9. The average Bonchev–Trinajstić information content (AvgIpc) is 2.71. The molecule has 30 heavy (non-hydrogen) atoms. The first kappa shape index (κ1) is 23.4. The fourth-order valence-electron chi connectivity index (χ4n) is 2.82. The van der Waals surface area contributed by atoms with Gasteiger partial charge in [0.05, 0.1) is 34.1 Å². The van der Waals surface area contributed by atoms with Gasteiger partial charge in [-0.15, -0.1) is 0 Å². The Kier molecular flexibility index (Phi) is 8.01. The lowest BCUT2D eigenvalue weighted by Crippen LogP contribution is -2.39. The van der Waals surface area contributed by atoms with Crippen LogP contribution >= 0.6 is 0 Å². The number of carbonyl (C=O) groups is 1. The van der Waals surface area contributed by atoms with Crippen molar-refractivity contribution in [2.75, 3.05) is 34.1 Å². The summed E-state index contributed by atoms with van der Waals surface area (Å²) in [6.07, 6.45) is 0.971. The second-order valence-corrected chi connectivity index (χ2v) is 8.38. The molecule has 0 heterocycles. The minimum Gasteiger partial charge on any atom is -0.493 e. The molecule has 0 atom stereocenters. The molecule has 0 spiro atoms. The summed E-state index contributed by atoms with van der Waals surface area (Å²) in [6, 6.07) is 9.19. The molecule has 164 valence electrons. The molecular formula is C20H25FN2O6S. The number of hydrogen-bond donors (Lipinski definition) is 1. The Morgan fingerprint density at radius 2 is 1.67 bits per heavy atom. The van der Waals surface area contributed by atoms with Crippen LogP contribution in [-0.2, 0) is 27.9 Å². The van der Waals surface area contributed by atoms with Crippen LogP contribution in [0.5, 0.6) is 17.2 Å². The van der Waals surface area contributed by atoms with Gasteiger partial charge in [0.2, 0.25) is 21.7 Å². The molecule has 0 aromatic heterocycles. The van der Waals surface area contributed by atoms with Crippen LogP contribution in [0.4, 0.5) is 4.39 Å². The summed E-state index contributed by atoms with van der Waals surface area (Å²) in [5.74, 6) is 0.153. The summed E-state index contributed by atoms with van der Waals surface area (Å²) in [4.78, 5) is 12.4. The highest BCUT2D eigenvalue weighted by Crippen LogP contribution is 2.39. The van der Waals surface area contributed by atoms with Crippen molar-refractivity contribution in [2.45, 2.75) is 13.1 Å². The smallest absolute Gasteiger partial charge is 0.235 e. The van der Waals surface area contributed by atoms with Gasteiger partial charge in [-0.05, 0) is 18.2 Å². The quantitative estimate of drug-likeness (QED) is 0.607. The van der Waals surface area contributed by atoms with Crippen molar-refractivity contribution >= 4 is 15.9 Å². The van der Waals surface area contributed by atoms with Gasteiger partial charge < -0.3 is 19.5 Å². The molecular weight excluding hydrogens is 415 g/mol. The van der Waals surface area contributed by atoms with Gasteiger partial charge in [0, 0.05) is 24.2 Å². The fraction of sp³-hybridized carbons (Fsp3) is 0.350. The van der Waals surface area contributed by atoms with Crippen molar-refractivity contribution in [3.63, 3.8) is 0 Å². The largest absolute Gasteiger partial charge is 0.493 e. The zero-order valence-electron chi connectivity index (χ0n) is 17.3. The first-order chi connectivity index (χ1) is 14.2. The van der Waals surface area contributed by atoms with Crippen LogP contribution in [0.25, 0.3) is 0 Å². The molecule has 0 fully saturated rings. The topological polar surface area (TPSA) is 94.2 Å². The highest BCUT2D eigenvalue weighted by molar-refractivity contribution is 7.88. The average molecular weight is 440 g/mol. The predicted octanol–water partition coefficient (Wildman–Crippen LogP) is 1.93. The molecule has 1 amide bonds. The molecule has 0 radical (unpaired) electrons. The number of carbonyl (C=O) groups excluding carboxylic acids is 1. The van der Waals surface area contributed by atoms with Crippen LogP contribution in [0.15, 0.2) is 36.4 Å². The van der Waals surface area contributed by atoms with E-state index in [1.165, 1.54) is 39.5 Å². The normalized spacial score (nSPS) is 11.3. The molecule has 2 rings (SSSR count). The number of ether oxygens (including phenoxy) is 3. The van der Waals surface area contributed by atoms with Crippen LogP contribution in [0.1, 0.15) is 11.1 Å². The molecule has 0 aliphatic rings. The molecule has 0 aliphatic carbocycles. The van der Waals surface area contributed by atoms with Crippen LogP contribution in [-0.4, -0.2) is 52.8 Å². The molecule has 8 nitrogen and oxygen atoms in total. The summed E-state index contributed by atoms with van der Waals surface area (Å²) in [5.41, 5.74) is 0.792. The summed E-state index contributed by atoms with van der Waals surface area (Å²) >= 11 is 0. The summed E-state index contributed by atoms with van der Waals surface area (Å²) in [5, 5.41) is 2.65. The molecule has 0 saturated carbocycles. The van der Waals surface area contributed by atoms with Gasteiger partial charge >= 0.3 is 0 Å². The van der Waals surface area contributed by atoms with E-state index in [4.69, 9.17) is 14.2 Å². The Bertz CT molecular complexity index is 997. The molecule has 0 unspecified atom stereocenters. The third-order valence-electron chi connectivity index (χ3n) is 4.36. The SMILES string of the molecule is COc1ccc(CNC(=O)CN(Cc2ccccc2F)S(C)(=O)=O)c(OC)c1OC. The molecule has 0 bridgehead atoms. The Morgan fingerprint density at radius 1 is 1.00 bits per heavy atom. The van der Waals surface area contributed by atoms with E-state index in [0.29, 0.717) is 22.8 Å². The second kappa shape index (κ2) is 10.3. The maximum absolute atomic E-state index is 13.9. The van der Waals surface area contributed by atoms with E-state index in [0.717, 1.165) is 10.6 Å². The molecule has 2 aromatic rings. The Hall–Kier alpha value is -2.85. The third-order valence-corrected chi connectivity index (χ3v) is 5.55. The van der Waals surface area contributed by atoms with Crippen molar-refractivity contribution in [1.82, 2.24) is 9.62 Å². The number of nitrogens with zero attached hydrogens (tertiary/aromatic N) is 1. The van der Waals surface area contributed by atoms with Crippen LogP contribution in [0.3, 0.4) is 0 Å². The number of methoxy groups -OCH3 is 3. The van der Waals surface area contributed by atoms with Crippen molar-refractivity contribution in [1.29, 1.82) is 0 Å².